The maximum absolute atomic E-state index is 12.2. The van der Waals surface area contributed by atoms with Gasteiger partial charge < -0.3 is 24.3 Å². The van der Waals surface area contributed by atoms with Gasteiger partial charge in [-0.25, -0.2) is 4.79 Å². The molecule has 2 aromatic carbocycles. The maximum Gasteiger partial charge on any atom is 0.338 e. The zero-order valence-electron chi connectivity index (χ0n) is 14.5. The molecule has 0 aliphatic carbocycles. The molecular weight excluding hydrogens is 338 g/mol. The van der Waals surface area contributed by atoms with Crippen LogP contribution in [0.25, 0.3) is 0 Å². The molecular formula is C19H19NO6. The van der Waals surface area contributed by atoms with E-state index in [0.29, 0.717) is 35.1 Å². The highest BCUT2D eigenvalue weighted by Crippen LogP contribution is 2.34. The normalized spacial score (nSPS) is 13.0. The molecule has 0 bridgehead atoms. The third-order valence-corrected chi connectivity index (χ3v) is 3.69. The molecule has 1 heterocycles. The number of benzene rings is 2. The molecule has 1 amide bonds. The number of carbonyl (C=O) groups excluding carboxylic acids is 2. The molecule has 0 radical (unpaired) electrons. The number of hydrogen-bond acceptors (Lipinski definition) is 6. The Labute approximate surface area is 150 Å². The molecule has 0 fully saturated rings. The van der Waals surface area contributed by atoms with Gasteiger partial charge in [-0.3, -0.25) is 4.79 Å². The van der Waals surface area contributed by atoms with E-state index >= 15 is 0 Å². The van der Waals surface area contributed by atoms with E-state index in [0.717, 1.165) is 0 Å². The van der Waals surface area contributed by atoms with Gasteiger partial charge in [-0.05, 0) is 50.2 Å². The largest absolute Gasteiger partial charge is 0.494 e. The molecule has 1 aliphatic rings. The molecule has 1 atom stereocenters. The van der Waals surface area contributed by atoms with Crippen molar-refractivity contribution < 1.29 is 28.5 Å². The van der Waals surface area contributed by atoms with Crippen molar-refractivity contribution in [2.45, 2.75) is 20.0 Å². The molecule has 2 aromatic rings. The molecule has 0 spiro atoms. The highest BCUT2D eigenvalue weighted by Gasteiger charge is 2.20. The van der Waals surface area contributed by atoms with E-state index in [1.165, 1.54) is 6.92 Å². The van der Waals surface area contributed by atoms with Gasteiger partial charge in [0.25, 0.3) is 5.91 Å². The van der Waals surface area contributed by atoms with Crippen LogP contribution in [0.5, 0.6) is 17.2 Å². The molecule has 0 saturated carbocycles. The number of amides is 1. The van der Waals surface area contributed by atoms with E-state index in [2.05, 4.69) is 5.32 Å². The van der Waals surface area contributed by atoms with Crippen LogP contribution in [0.3, 0.4) is 0 Å². The van der Waals surface area contributed by atoms with E-state index < -0.39 is 18.0 Å². The van der Waals surface area contributed by atoms with Gasteiger partial charge in [-0.15, -0.1) is 0 Å². The number of nitrogens with one attached hydrogen (secondary N) is 1. The minimum Gasteiger partial charge on any atom is -0.494 e. The van der Waals surface area contributed by atoms with Crippen molar-refractivity contribution in [3.05, 3.63) is 48.0 Å². The fourth-order valence-corrected chi connectivity index (χ4v) is 2.35. The Hall–Kier alpha value is -3.22. The van der Waals surface area contributed by atoms with Crippen molar-refractivity contribution in [2.75, 3.05) is 18.7 Å². The van der Waals surface area contributed by atoms with Crippen LogP contribution in [0.1, 0.15) is 24.2 Å². The number of esters is 1. The van der Waals surface area contributed by atoms with E-state index in [-0.39, 0.29) is 6.79 Å². The minimum absolute atomic E-state index is 0.156. The van der Waals surface area contributed by atoms with Crippen LogP contribution in [0.15, 0.2) is 42.5 Å². The first-order valence-electron chi connectivity index (χ1n) is 8.21. The summed E-state index contributed by atoms with van der Waals surface area (Å²) in [5.41, 5.74) is 0.874. The lowest BCUT2D eigenvalue weighted by atomic mass is 10.2. The van der Waals surface area contributed by atoms with Crippen LogP contribution < -0.4 is 19.5 Å². The average molecular weight is 357 g/mol. The van der Waals surface area contributed by atoms with Gasteiger partial charge in [0, 0.05) is 11.8 Å². The summed E-state index contributed by atoms with van der Waals surface area (Å²) >= 11 is 0. The van der Waals surface area contributed by atoms with E-state index in [4.69, 9.17) is 18.9 Å². The summed E-state index contributed by atoms with van der Waals surface area (Å²) in [6.07, 6.45) is -0.959. The van der Waals surface area contributed by atoms with Gasteiger partial charge in [-0.2, -0.15) is 0 Å². The summed E-state index contributed by atoms with van der Waals surface area (Å²) in [6.45, 7) is 4.08. The smallest absolute Gasteiger partial charge is 0.338 e. The van der Waals surface area contributed by atoms with Crippen LogP contribution in [-0.2, 0) is 9.53 Å². The first-order valence-corrected chi connectivity index (χ1v) is 8.21. The minimum atomic E-state index is -0.959. The number of carbonyl (C=O) groups is 2. The van der Waals surface area contributed by atoms with Crippen LogP contribution in [0.2, 0.25) is 0 Å². The third-order valence-electron chi connectivity index (χ3n) is 3.69. The molecule has 0 aromatic heterocycles. The lowest BCUT2D eigenvalue weighted by molar-refractivity contribution is -0.123. The van der Waals surface area contributed by atoms with Crippen LogP contribution in [-0.4, -0.2) is 31.4 Å². The van der Waals surface area contributed by atoms with Crippen molar-refractivity contribution in [3.8, 4) is 17.2 Å². The predicted molar refractivity (Wildman–Crippen MR) is 93.7 cm³/mol. The Morgan fingerprint density at radius 2 is 1.85 bits per heavy atom. The van der Waals surface area contributed by atoms with E-state index in [1.54, 1.807) is 42.5 Å². The van der Waals surface area contributed by atoms with Gasteiger partial charge in [-0.1, -0.05) is 0 Å². The van der Waals surface area contributed by atoms with Crippen molar-refractivity contribution in [2.24, 2.45) is 0 Å². The topological polar surface area (TPSA) is 83.1 Å². The Morgan fingerprint density at radius 1 is 1.12 bits per heavy atom. The van der Waals surface area contributed by atoms with Gasteiger partial charge in [0.05, 0.1) is 12.2 Å². The van der Waals surface area contributed by atoms with Gasteiger partial charge >= 0.3 is 5.97 Å². The fourth-order valence-electron chi connectivity index (χ4n) is 2.35. The lowest BCUT2D eigenvalue weighted by Gasteiger charge is -2.14. The zero-order chi connectivity index (χ0) is 18.5. The second-order valence-electron chi connectivity index (χ2n) is 5.56. The second kappa shape index (κ2) is 7.77. The lowest BCUT2D eigenvalue weighted by Crippen LogP contribution is -2.30. The fraction of sp³-hybridized carbons (Fsp3) is 0.263. The Morgan fingerprint density at radius 3 is 2.58 bits per heavy atom. The van der Waals surface area contributed by atoms with Crippen molar-refractivity contribution in [3.63, 3.8) is 0 Å². The van der Waals surface area contributed by atoms with E-state index in [1.807, 2.05) is 6.92 Å². The highest BCUT2D eigenvalue weighted by atomic mass is 16.7. The van der Waals surface area contributed by atoms with Gasteiger partial charge in [0.15, 0.2) is 17.6 Å². The molecule has 0 saturated heterocycles. The van der Waals surface area contributed by atoms with Crippen LogP contribution >= 0.6 is 0 Å². The molecule has 26 heavy (non-hydrogen) atoms. The summed E-state index contributed by atoms with van der Waals surface area (Å²) in [7, 11) is 0. The summed E-state index contributed by atoms with van der Waals surface area (Å²) < 4.78 is 21.0. The summed E-state index contributed by atoms with van der Waals surface area (Å²) in [4.78, 5) is 24.4. The first-order chi connectivity index (χ1) is 12.6. The monoisotopic (exact) mass is 357 g/mol. The number of ether oxygens (including phenoxy) is 4. The summed E-state index contributed by atoms with van der Waals surface area (Å²) in [5.74, 6) is 0.821. The van der Waals surface area contributed by atoms with Gasteiger partial charge in [0.2, 0.25) is 6.79 Å². The second-order valence-corrected chi connectivity index (χ2v) is 5.56. The molecule has 7 nitrogen and oxygen atoms in total. The number of rotatable bonds is 6. The van der Waals surface area contributed by atoms with Crippen molar-refractivity contribution in [1.82, 2.24) is 0 Å². The molecule has 1 N–H and O–H groups in total. The first kappa shape index (κ1) is 17.6. The standard InChI is InChI=1S/C19H19NO6/c1-3-23-15-7-4-13(5-8-15)19(22)26-12(2)18(21)20-14-6-9-16-17(10-14)25-11-24-16/h4-10,12H,3,11H2,1-2H3,(H,20,21)/t12-/m1/s1. The Bertz CT molecular complexity index is 802. The summed E-state index contributed by atoms with van der Waals surface area (Å²) in [5, 5.41) is 2.68. The molecule has 3 rings (SSSR count). The number of anilines is 1. The van der Waals surface area contributed by atoms with E-state index in [9.17, 15) is 9.59 Å². The van der Waals surface area contributed by atoms with Crippen molar-refractivity contribution in [1.29, 1.82) is 0 Å². The van der Waals surface area contributed by atoms with Crippen molar-refractivity contribution >= 4 is 17.6 Å². The van der Waals surface area contributed by atoms with Crippen LogP contribution in [0, 0.1) is 0 Å². The highest BCUT2D eigenvalue weighted by molar-refractivity contribution is 5.97. The molecule has 136 valence electrons. The maximum atomic E-state index is 12.2. The number of fused-ring (bicyclic) bond motifs is 1. The average Bonchev–Trinajstić information content (AvgIpc) is 3.10. The Balaban J connectivity index is 1.57. The quantitative estimate of drug-likeness (QED) is 0.800. The third kappa shape index (κ3) is 4.05. The SMILES string of the molecule is CCOc1ccc(C(=O)O[C@H](C)C(=O)Nc2ccc3c(c2)OCO3)cc1. The molecule has 1 aliphatic heterocycles. The zero-order valence-corrected chi connectivity index (χ0v) is 14.5. The van der Waals surface area contributed by atoms with Gasteiger partial charge in [0.1, 0.15) is 5.75 Å². The predicted octanol–water partition coefficient (Wildman–Crippen LogP) is 3.00. The Kier molecular flexibility index (Phi) is 5.26. The molecule has 7 heteroatoms. The van der Waals surface area contributed by atoms with Crippen LogP contribution in [0.4, 0.5) is 5.69 Å². The summed E-state index contributed by atoms with van der Waals surface area (Å²) in [6, 6.07) is 11.6. The molecule has 0 unspecified atom stereocenters. The number of hydrogen-bond donors (Lipinski definition) is 1.